The summed E-state index contributed by atoms with van der Waals surface area (Å²) in [6.45, 7) is 4.95. The normalized spacial score (nSPS) is 13.4. The lowest BCUT2D eigenvalue weighted by Gasteiger charge is -2.24. The molecule has 3 aromatic rings. The van der Waals surface area contributed by atoms with Crippen LogP contribution >= 0.6 is 0 Å². The van der Waals surface area contributed by atoms with Gasteiger partial charge < -0.3 is 10.3 Å². The maximum atomic E-state index is 14.0. The fourth-order valence-electron chi connectivity index (χ4n) is 3.38. The molecule has 1 heterocycles. The standard InChI is InChI=1S/C21H21F2N3O3/c1-11(2)18(19(27)24-12(3)14-9-8-13(22)10-16(14)23)26-20(28)15-6-4-5-7-17(15)25-21(26)29/h4-12,18H,1-3H3,(H,24,27)(H,25,29)/t12-,18?/m0/s1. The van der Waals surface area contributed by atoms with Crippen molar-refractivity contribution in [2.24, 2.45) is 5.92 Å². The Hall–Kier alpha value is -3.29. The zero-order valence-corrected chi connectivity index (χ0v) is 16.2. The second-order valence-electron chi connectivity index (χ2n) is 7.24. The number of carbonyl (C=O) groups excluding carboxylic acids is 1. The van der Waals surface area contributed by atoms with Gasteiger partial charge in [0.1, 0.15) is 17.7 Å². The SMILES string of the molecule is CC(C)C(C(=O)N[C@@H](C)c1ccc(F)cc1F)n1c(=O)[nH]c2ccccc2c1=O. The lowest BCUT2D eigenvalue weighted by atomic mass is 10.0. The van der Waals surface area contributed by atoms with Gasteiger partial charge in [0.2, 0.25) is 5.91 Å². The predicted molar refractivity (Wildman–Crippen MR) is 106 cm³/mol. The highest BCUT2D eigenvalue weighted by molar-refractivity contribution is 5.82. The molecule has 2 aromatic carbocycles. The van der Waals surface area contributed by atoms with Crippen molar-refractivity contribution in [2.45, 2.75) is 32.9 Å². The van der Waals surface area contributed by atoms with Crippen molar-refractivity contribution in [3.8, 4) is 0 Å². The van der Waals surface area contributed by atoms with Crippen molar-refractivity contribution in [1.82, 2.24) is 14.9 Å². The van der Waals surface area contributed by atoms with Gasteiger partial charge >= 0.3 is 5.69 Å². The van der Waals surface area contributed by atoms with E-state index in [2.05, 4.69) is 10.3 Å². The summed E-state index contributed by atoms with van der Waals surface area (Å²) in [7, 11) is 0. The summed E-state index contributed by atoms with van der Waals surface area (Å²) in [4.78, 5) is 41.1. The molecule has 0 aliphatic rings. The van der Waals surface area contributed by atoms with Crippen LogP contribution in [0.3, 0.4) is 0 Å². The molecule has 2 atom stereocenters. The number of H-pyrrole nitrogens is 1. The van der Waals surface area contributed by atoms with E-state index in [1.54, 1.807) is 45.0 Å². The van der Waals surface area contributed by atoms with Crippen molar-refractivity contribution in [1.29, 1.82) is 0 Å². The van der Waals surface area contributed by atoms with E-state index in [9.17, 15) is 23.2 Å². The summed E-state index contributed by atoms with van der Waals surface area (Å²) in [5.74, 6) is -2.53. The number of amides is 1. The van der Waals surface area contributed by atoms with Crippen molar-refractivity contribution >= 4 is 16.8 Å². The maximum absolute atomic E-state index is 14.0. The number of nitrogens with zero attached hydrogens (tertiary/aromatic N) is 1. The van der Waals surface area contributed by atoms with Crippen LogP contribution in [0.15, 0.2) is 52.1 Å². The summed E-state index contributed by atoms with van der Waals surface area (Å²) < 4.78 is 28.1. The van der Waals surface area contributed by atoms with E-state index in [-0.39, 0.29) is 10.9 Å². The lowest BCUT2D eigenvalue weighted by Crippen LogP contribution is -2.47. The number of para-hydroxylation sites is 1. The van der Waals surface area contributed by atoms with Gasteiger partial charge in [0, 0.05) is 11.6 Å². The van der Waals surface area contributed by atoms with E-state index in [0.29, 0.717) is 5.52 Å². The summed E-state index contributed by atoms with van der Waals surface area (Å²) in [5, 5.41) is 2.91. The van der Waals surface area contributed by atoms with E-state index >= 15 is 0 Å². The van der Waals surface area contributed by atoms with Crippen LogP contribution in [-0.2, 0) is 4.79 Å². The number of rotatable bonds is 5. The van der Waals surface area contributed by atoms with E-state index in [4.69, 9.17) is 0 Å². The molecule has 0 radical (unpaired) electrons. The number of benzene rings is 2. The summed E-state index contributed by atoms with van der Waals surface area (Å²) in [5.41, 5.74) is -0.813. The minimum atomic E-state index is -1.11. The van der Waals surface area contributed by atoms with Crippen molar-refractivity contribution in [3.63, 3.8) is 0 Å². The molecule has 152 valence electrons. The van der Waals surface area contributed by atoms with Gasteiger partial charge in [-0.05, 0) is 31.0 Å². The van der Waals surface area contributed by atoms with Crippen molar-refractivity contribution in [2.75, 3.05) is 0 Å². The van der Waals surface area contributed by atoms with E-state index in [0.717, 1.165) is 16.7 Å². The Bertz CT molecular complexity index is 1180. The maximum Gasteiger partial charge on any atom is 0.329 e. The van der Waals surface area contributed by atoms with E-state index in [1.165, 1.54) is 6.07 Å². The van der Waals surface area contributed by atoms with Crippen molar-refractivity contribution in [3.05, 3.63) is 80.5 Å². The van der Waals surface area contributed by atoms with Crippen LogP contribution in [0.1, 0.15) is 38.4 Å². The third-order valence-corrected chi connectivity index (χ3v) is 4.80. The largest absolute Gasteiger partial charge is 0.348 e. The molecule has 0 aliphatic heterocycles. The Morgan fingerprint density at radius 3 is 2.41 bits per heavy atom. The highest BCUT2D eigenvalue weighted by Gasteiger charge is 2.29. The molecule has 1 amide bonds. The molecule has 6 nitrogen and oxygen atoms in total. The van der Waals surface area contributed by atoms with Gasteiger partial charge in [-0.25, -0.2) is 18.1 Å². The number of aromatic amines is 1. The predicted octanol–water partition coefficient (Wildman–Crippen LogP) is 3.04. The molecule has 0 aliphatic carbocycles. The number of aromatic nitrogens is 2. The van der Waals surface area contributed by atoms with E-state index in [1.807, 2.05) is 0 Å². The average molecular weight is 401 g/mol. The Morgan fingerprint density at radius 2 is 1.76 bits per heavy atom. The lowest BCUT2D eigenvalue weighted by molar-refractivity contribution is -0.126. The summed E-state index contributed by atoms with van der Waals surface area (Å²) in [6.07, 6.45) is 0. The number of hydrogen-bond donors (Lipinski definition) is 2. The summed E-state index contributed by atoms with van der Waals surface area (Å²) in [6, 6.07) is 7.69. The third-order valence-electron chi connectivity index (χ3n) is 4.80. The van der Waals surface area contributed by atoms with Gasteiger partial charge in [0.05, 0.1) is 16.9 Å². The fraction of sp³-hybridized carbons (Fsp3) is 0.286. The Kier molecular flexibility index (Phi) is 5.63. The molecule has 1 aromatic heterocycles. The molecule has 0 fully saturated rings. The van der Waals surface area contributed by atoms with Crippen LogP contribution in [0, 0.1) is 17.6 Å². The van der Waals surface area contributed by atoms with Crippen LogP contribution in [-0.4, -0.2) is 15.5 Å². The van der Waals surface area contributed by atoms with Crippen LogP contribution < -0.4 is 16.6 Å². The number of halogens is 2. The molecular formula is C21H21F2N3O3. The number of carbonyl (C=O) groups is 1. The zero-order chi connectivity index (χ0) is 21.3. The topological polar surface area (TPSA) is 84.0 Å². The smallest absolute Gasteiger partial charge is 0.329 e. The van der Waals surface area contributed by atoms with Gasteiger partial charge in [-0.2, -0.15) is 0 Å². The second-order valence-corrected chi connectivity index (χ2v) is 7.24. The first-order valence-corrected chi connectivity index (χ1v) is 9.19. The molecule has 0 bridgehead atoms. The highest BCUT2D eigenvalue weighted by Crippen LogP contribution is 2.21. The number of hydrogen-bond acceptors (Lipinski definition) is 3. The van der Waals surface area contributed by atoms with Crippen LogP contribution in [0.25, 0.3) is 10.9 Å². The van der Waals surface area contributed by atoms with Crippen LogP contribution in [0.4, 0.5) is 8.78 Å². The Labute approximate surface area is 165 Å². The minimum absolute atomic E-state index is 0.0991. The molecule has 0 saturated carbocycles. The van der Waals surface area contributed by atoms with Gasteiger partial charge in [-0.3, -0.25) is 9.59 Å². The Morgan fingerprint density at radius 1 is 1.07 bits per heavy atom. The molecule has 2 N–H and O–H groups in total. The molecule has 0 saturated heterocycles. The van der Waals surface area contributed by atoms with Crippen LogP contribution in [0.2, 0.25) is 0 Å². The Balaban J connectivity index is 2.00. The fourth-order valence-corrected chi connectivity index (χ4v) is 3.38. The van der Waals surface area contributed by atoms with Gasteiger partial charge in [0.15, 0.2) is 0 Å². The minimum Gasteiger partial charge on any atom is -0.348 e. The third kappa shape index (κ3) is 3.96. The average Bonchev–Trinajstić information content (AvgIpc) is 2.64. The second kappa shape index (κ2) is 7.98. The molecule has 29 heavy (non-hydrogen) atoms. The monoisotopic (exact) mass is 401 g/mol. The van der Waals surface area contributed by atoms with Crippen molar-refractivity contribution < 1.29 is 13.6 Å². The highest BCUT2D eigenvalue weighted by atomic mass is 19.1. The number of nitrogens with one attached hydrogen (secondary N) is 2. The quantitative estimate of drug-likeness (QED) is 0.689. The number of fused-ring (bicyclic) bond motifs is 1. The molecule has 3 rings (SSSR count). The van der Waals surface area contributed by atoms with Crippen LogP contribution in [0.5, 0.6) is 0 Å². The molecule has 0 spiro atoms. The molecule has 8 heteroatoms. The summed E-state index contributed by atoms with van der Waals surface area (Å²) >= 11 is 0. The van der Waals surface area contributed by atoms with Gasteiger partial charge in [0.25, 0.3) is 5.56 Å². The first kappa shape index (κ1) is 20.4. The van der Waals surface area contributed by atoms with E-state index < -0.39 is 46.8 Å². The van der Waals surface area contributed by atoms with Gasteiger partial charge in [-0.1, -0.05) is 32.0 Å². The zero-order valence-electron chi connectivity index (χ0n) is 16.2. The van der Waals surface area contributed by atoms with Gasteiger partial charge in [-0.15, -0.1) is 0 Å². The first-order valence-electron chi connectivity index (χ1n) is 9.19. The molecule has 1 unspecified atom stereocenters. The first-order chi connectivity index (χ1) is 13.7. The molecular weight excluding hydrogens is 380 g/mol.